The van der Waals surface area contributed by atoms with Crippen LogP contribution in [0.3, 0.4) is 0 Å². The van der Waals surface area contributed by atoms with Crippen LogP contribution >= 0.6 is 0 Å². The Balaban J connectivity index is 1.41. The summed E-state index contributed by atoms with van der Waals surface area (Å²) in [6.45, 7) is 2.13. The first-order chi connectivity index (χ1) is 16.0. The first-order valence-electron chi connectivity index (χ1n) is 10.3. The third kappa shape index (κ3) is 5.22. The highest BCUT2D eigenvalue weighted by Crippen LogP contribution is 2.27. The number of phenols is 1. The van der Waals surface area contributed by atoms with E-state index in [1.165, 1.54) is 19.2 Å². The molecule has 4 rings (SSSR count). The zero-order valence-electron chi connectivity index (χ0n) is 18.3. The van der Waals surface area contributed by atoms with Crippen molar-refractivity contribution in [2.45, 2.75) is 13.5 Å². The normalized spacial score (nSPS) is 10.7. The lowest BCUT2D eigenvalue weighted by atomic mass is 10.0. The van der Waals surface area contributed by atoms with Gasteiger partial charge in [-0.25, -0.2) is 4.98 Å². The van der Waals surface area contributed by atoms with E-state index in [0.717, 1.165) is 5.56 Å². The minimum absolute atomic E-state index is 0.0512. The predicted molar refractivity (Wildman–Crippen MR) is 121 cm³/mol. The van der Waals surface area contributed by atoms with Crippen LogP contribution < -0.4 is 9.47 Å². The van der Waals surface area contributed by atoms with Gasteiger partial charge in [0.2, 0.25) is 5.89 Å². The Morgan fingerprint density at radius 3 is 2.39 bits per heavy atom. The number of benzene rings is 3. The minimum Gasteiger partial charge on any atom is -0.507 e. The second-order valence-electron chi connectivity index (χ2n) is 7.26. The summed E-state index contributed by atoms with van der Waals surface area (Å²) in [6, 6.07) is 20.9. The molecule has 0 saturated heterocycles. The Labute approximate surface area is 191 Å². The molecule has 0 saturated carbocycles. The van der Waals surface area contributed by atoms with Gasteiger partial charge in [0.25, 0.3) is 0 Å². The van der Waals surface area contributed by atoms with E-state index in [-0.39, 0.29) is 30.5 Å². The van der Waals surface area contributed by atoms with Crippen LogP contribution in [0.5, 0.6) is 17.2 Å². The van der Waals surface area contributed by atoms with Crippen molar-refractivity contribution in [2.75, 3.05) is 13.9 Å². The van der Waals surface area contributed by atoms with Gasteiger partial charge in [-0.3, -0.25) is 4.79 Å². The summed E-state index contributed by atoms with van der Waals surface area (Å²) in [7, 11) is 1.50. The zero-order valence-corrected chi connectivity index (χ0v) is 18.3. The number of nitrogens with zero attached hydrogens (tertiary/aromatic N) is 1. The van der Waals surface area contributed by atoms with Crippen molar-refractivity contribution in [3.63, 3.8) is 0 Å². The quantitative estimate of drug-likeness (QED) is 0.281. The van der Waals surface area contributed by atoms with E-state index in [2.05, 4.69) is 4.98 Å². The average molecular weight is 445 g/mol. The zero-order chi connectivity index (χ0) is 23.2. The summed E-state index contributed by atoms with van der Waals surface area (Å²) in [6.07, 6.45) is 0. The number of methoxy groups -OCH3 is 1. The van der Waals surface area contributed by atoms with E-state index in [4.69, 9.17) is 18.6 Å². The molecule has 0 bridgehead atoms. The highest BCUT2D eigenvalue weighted by molar-refractivity contribution is 6.10. The van der Waals surface area contributed by atoms with Crippen molar-refractivity contribution in [1.82, 2.24) is 4.98 Å². The number of aromatic hydroxyl groups is 1. The van der Waals surface area contributed by atoms with E-state index < -0.39 is 0 Å². The third-order valence-electron chi connectivity index (χ3n) is 4.96. The lowest BCUT2D eigenvalue weighted by Gasteiger charge is -2.09. The highest BCUT2D eigenvalue weighted by atomic mass is 16.7. The minimum atomic E-state index is -0.308. The van der Waals surface area contributed by atoms with E-state index in [1.54, 1.807) is 30.3 Å². The van der Waals surface area contributed by atoms with Crippen LogP contribution in [0.2, 0.25) is 0 Å². The summed E-state index contributed by atoms with van der Waals surface area (Å²) in [5.74, 6) is 1.76. The molecule has 0 radical (unpaired) electrons. The standard InChI is InChI=1S/C26H23NO6/c1-17-23(27-26(33-17)19-6-4-3-5-7-19)15-31-20-10-8-18(9-11-20)25(29)22-13-12-21(14-24(22)28)32-16-30-2/h3-14,28H,15-16H2,1-2H3. The molecule has 7 nitrogen and oxygen atoms in total. The van der Waals surface area contributed by atoms with Crippen LogP contribution in [0, 0.1) is 6.92 Å². The van der Waals surface area contributed by atoms with Crippen molar-refractivity contribution in [3.05, 3.63) is 95.4 Å². The lowest BCUT2D eigenvalue weighted by Crippen LogP contribution is -2.03. The number of ketones is 1. The molecule has 7 heteroatoms. The van der Waals surface area contributed by atoms with Gasteiger partial charge < -0.3 is 23.7 Å². The summed E-state index contributed by atoms with van der Waals surface area (Å²) in [5, 5.41) is 10.2. The van der Waals surface area contributed by atoms with Crippen LogP contribution in [-0.4, -0.2) is 29.8 Å². The fourth-order valence-corrected chi connectivity index (χ4v) is 3.20. The van der Waals surface area contributed by atoms with Gasteiger partial charge >= 0.3 is 0 Å². The van der Waals surface area contributed by atoms with Crippen LogP contribution in [0.1, 0.15) is 27.4 Å². The first-order valence-corrected chi connectivity index (χ1v) is 10.3. The number of phenolic OH excluding ortho intramolecular Hbond substituents is 1. The van der Waals surface area contributed by atoms with E-state index in [9.17, 15) is 9.90 Å². The molecule has 0 spiro atoms. The molecule has 0 aliphatic heterocycles. The van der Waals surface area contributed by atoms with Gasteiger partial charge in [-0.2, -0.15) is 0 Å². The van der Waals surface area contributed by atoms with Crippen molar-refractivity contribution >= 4 is 5.78 Å². The number of carbonyl (C=O) groups is 1. The van der Waals surface area contributed by atoms with Crippen LogP contribution in [0.25, 0.3) is 11.5 Å². The molecule has 1 aromatic heterocycles. The maximum Gasteiger partial charge on any atom is 0.226 e. The van der Waals surface area contributed by atoms with Gasteiger partial charge in [-0.15, -0.1) is 0 Å². The SMILES string of the molecule is COCOc1ccc(C(=O)c2ccc(OCc3nc(-c4ccccc4)oc3C)cc2)c(O)c1. The number of aromatic nitrogens is 1. The van der Waals surface area contributed by atoms with E-state index in [1.807, 2.05) is 37.3 Å². The molecule has 0 fully saturated rings. The first kappa shape index (κ1) is 22.1. The van der Waals surface area contributed by atoms with Crippen molar-refractivity contribution in [1.29, 1.82) is 0 Å². The number of rotatable bonds is 9. The Hall–Kier alpha value is -4.10. The molecule has 33 heavy (non-hydrogen) atoms. The number of carbonyl (C=O) groups excluding carboxylic acids is 1. The third-order valence-corrected chi connectivity index (χ3v) is 4.96. The van der Waals surface area contributed by atoms with Crippen molar-refractivity contribution in [2.24, 2.45) is 0 Å². The number of hydrogen-bond acceptors (Lipinski definition) is 7. The summed E-state index contributed by atoms with van der Waals surface area (Å²) >= 11 is 0. The number of aryl methyl sites for hydroxylation is 1. The highest BCUT2D eigenvalue weighted by Gasteiger charge is 2.15. The molecule has 1 heterocycles. The predicted octanol–water partition coefficient (Wildman–Crippen LogP) is 5.15. The maximum absolute atomic E-state index is 12.8. The van der Waals surface area contributed by atoms with Crippen LogP contribution in [0.15, 0.2) is 77.2 Å². The van der Waals surface area contributed by atoms with Gasteiger partial charge in [0.15, 0.2) is 12.6 Å². The van der Waals surface area contributed by atoms with Gasteiger partial charge in [0.1, 0.15) is 35.3 Å². The fourth-order valence-electron chi connectivity index (χ4n) is 3.20. The second kappa shape index (κ2) is 10.0. The average Bonchev–Trinajstić information content (AvgIpc) is 3.22. The number of oxazole rings is 1. The Bertz CT molecular complexity index is 1230. The van der Waals surface area contributed by atoms with Gasteiger partial charge in [-0.1, -0.05) is 18.2 Å². The monoisotopic (exact) mass is 445 g/mol. The Morgan fingerprint density at radius 2 is 1.70 bits per heavy atom. The largest absolute Gasteiger partial charge is 0.507 e. The molecule has 0 amide bonds. The van der Waals surface area contributed by atoms with Crippen LogP contribution in [0.4, 0.5) is 0 Å². The molecule has 4 aromatic rings. The molecular formula is C26H23NO6. The fraction of sp³-hybridized carbons (Fsp3) is 0.154. The molecular weight excluding hydrogens is 422 g/mol. The number of hydrogen-bond donors (Lipinski definition) is 1. The molecule has 0 aliphatic rings. The van der Waals surface area contributed by atoms with Gasteiger partial charge in [0, 0.05) is 24.3 Å². The summed E-state index contributed by atoms with van der Waals surface area (Å²) < 4.78 is 21.7. The Kier molecular flexibility index (Phi) is 6.71. The lowest BCUT2D eigenvalue weighted by molar-refractivity contribution is 0.0510. The maximum atomic E-state index is 12.8. The molecule has 168 valence electrons. The van der Waals surface area contributed by atoms with Gasteiger partial charge in [0.05, 0.1) is 5.56 Å². The summed E-state index contributed by atoms with van der Waals surface area (Å²) in [4.78, 5) is 17.3. The van der Waals surface area contributed by atoms with Gasteiger partial charge in [-0.05, 0) is 55.5 Å². The Morgan fingerprint density at radius 1 is 0.970 bits per heavy atom. The molecule has 0 unspecified atom stereocenters. The topological polar surface area (TPSA) is 91.0 Å². The molecule has 0 atom stereocenters. The van der Waals surface area contributed by atoms with E-state index >= 15 is 0 Å². The smallest absolute Gasteiger partial charge is 0.226 e. The second-order valence-corrected chi connectivity index (χ2v) is 7.26. The summed E-state index contributed by atoms with van der Waals surface area (Å²) in [5.41, 5.74) is 2.21. The molecule has 1 N–H and O–H groups in total. The van der Waals surface area contributed by atoms with Crippen molar-refractivity contribution < 1.29 is 28.5 Å². The molecule has 3 aromatic carbocycles. The van der Waals surface area contributed by atoms with E-state index in [0.29, 0.717) is 34.4 Å². The van der Waals surface area contributed by atoms with Crippen molar-refractivity contribution in [3.8, 4) is 28.7 Å². The van der Waals surface area contributed by atoms with Crippen LogP contribution in [-0.2, 0) is 11.3 Å². The number of ether oxygens (including phenoxy) is 3. The molecule has 0 aliphatic carbocycles.